The van der Waals surface area contributed by atoms with Crippen molar-refractivity contribution in [1.29, 1.82) is 0 Å². The third-order valence-electron chi connectivity index (χ3n) is 4.14. The Hall–Kier alpha value is -2.60. The molecule has 0 amide bonds. The van der Waals surface area contributed by atoms with Crippen LogP contribution < -0.4 is 0 Å². The van der Waals surface area contributed by atoms with Crippen molar-refractivity contribution in [3.05, 3.63) is 102 Å². The molecule has 0 bridgehead atoms. The van der Waals surface area contributed by atoms with Crippen molar-refractivity contribution < 1.29 is 0 Å². The maximum Gasteiger partial charge on any atom is -0.00819 e. The van der Waals surface area contributed by atoms with Gasteiger partial charge in [0.25, 0.3) is 0 Å². The second-order valence-corrected chi connectivity index (χ2v) is 5.42. The van der Waals surface area contributed by atoms with Gasteiger partial charge in [0.15, 0.2) is 0 Å². The fraction of sp³-hybridized carbons (Fsp3) is 0.0476. The first-order valence-corrected chi connectivity index (χ1v) is 7.36. The molecule has 0 saturated carbocycles. The predicted octanol–water partition coefficient (Wildman–Crippen LogP) is 5.34. The molecule has 0 saturated heterocycles. The molecule has 0 spiro atoms. The minimum Gasteiger partial charge on any atom is -0.0716 e. The van der Waals surface area contributed by atoms with Gasteiger partial charge in [0.1, 0.15) is 0 Å². The summed E-state index contributed by atoms with van der Waals surface area (Å²) in [7, 11) is 0. The van der Waals surface area contributed by atoms with Gasteiger partial charge in [0, 0.05) is 0 Å². The molecule has 0 aliphatic heterocycles. The summed E-state index contributed by atoms with van der Waals surface area (Å²) >= 11 is 0. The van der Waals surface area contributed by atoms with E-state index < -0.39 is 0 Å². The number of benzene rings is 3. The van der Waals surface area contributed by atoms with Crippen LogP contribution in [0.1, 0.15) is 16.7 Å². The van der Waals surface area contributed by atoms with E-state index in [-0.39, 0.29) is 0 Å². The van der Waals surface area contributed by atoms with Gasteiger partial charge in [-0.1, -0.05) is 84.9 Å². The fourth-order valence-electron chi connectivity index (χ4n) is 3.03. The molecule has 0 nitrogen and oxygen atoms in total. The first-order chi connectivity index (χ1) is 10.4. The van der Waals surface area contributed by atoms with Gasteiger partial charge >= 0.3 is 0 Å². The van der Waals surface area contributed by atoms with E-state index in [2.05, 4.69) is 84.9 Å². The third-order valence-corrected chi connectivity index (χ3v) is 4.14. The lowest BCUT2D eigenvalue weighted by atomic mass is 9.97. The number of allylic oxidation sites excluding steroid dienone is 1. The molecule has 0 heterocycles. The number of fused-ring (bicyclic) bond motifs is 1. The Morgan fingerprint density at radius 3 is 1.95 bits per heavy atom. The van der Waals surface area contributed by atoms with Gasteiger partial charge in [-0.25, -0.2) is 0 Å². The Labute approximate surface area is 125 Å². The van der Waals surface area contributed by atoms with E-state index in [0.29, 0.717) is 0 Å². The van der Waals surface area contributed by atoms with Crippen molar-refractivity contribution in [1.82, 2.24) is 0 Å². The lowest BCUT2D eigenvalue weighted by Gasteiger charge is -2.08. The van der Waals surface area contributed by atoms with Gasteiger partial charge in [-0.3, -0.25) is 0 Å². The molecule has 21 heavy (non-hydrogen) atoms. The zero-order valence-electron chi connectivity index (χ0n) is 11.8. The monoisotopic (exact) mass is 268 g/mol. The molecule has 100 valence electrons. The van der Waals surface area contributed by atoms with Gasteiger partial charge in [-0.05, 0) is 39.8 Å². The van der Waals surface area contributed by atoms with E-state index in [1.54, 1.807) is 0 Å². The van der Waals surface area contributed by atoms with Crippen LogP contribution in [-0.2, 0) is 6.42 Å². The van der Waals surface area contributed by atoms with Crippen molar-refractivity contribution in [2.24, 2.45) is 0 Å². The van der Waals surface area contributed by atoms with E-state index in [1.165, 1.54) is 33.4 Å². The summed E-state index contributed by atoms with van der Waals surface area (Å²) in [5.74, 6) is 0. The molecule has 1 aliphatic rings. The average Bonchev–Trinajstić information content (AvgIpc) is 3.00. The SMILES string of the molecule is C1=C(c2ccc(-c3ccccc3)cc2)c2ccccc2C1. The Kier molecular flexibility index (Phi) is 2.93. The van der Waals surface area contributed by atoms with Crippen LogP contribution in [0.4, 0.5) is 0 Å². The van der Waals surface area contributed by atoms with Crippen LogP contribution in [0.2, 0.25) is 0 Å². The van der Waals surface area contributed by atoms with Crippen LogP contribution in [0.5, 0.6) is 0 Å². The average molecular weight is 268 g/mol. The van der Waals surface area contributed by atoms with Crippen LogP contribution >= 0.6 is 0 Å². The zero-order valence-corrected chi connectivity index (χ0v) is 11.8. The highest BCUT2D eigenvalue weighted by Crippen LogP contribution is 2.33. The standard InChI is InChI=1S/C21H16/c1-2-6-16(7-3-1)17-10-12-19(13-11-17)21-15-14-18-8-4-5-9-20(18)21/h1-13,15H,14H2. The Morgan fingerprint density at radius 1 is 0.524 bits per heavy atom. The van der Waals surface area contributed by atoms with Crippen LogP contribution in [0.3, 0.4) is 0 Å². The molecule has 0 heteroatoms. The summed E-state index contributed by atoms with van der Waals surface area (Å²) in [6.07, 6.45) is 3.38. The molecule has 0 unspecified atom stereocenters. The highest BCUT2D eigenvalue weighted by atomic mass is 14.2. The van der Waals surface area contributed by atoms with Crippen LogP contribution in [0.15, 0.2) is 84.9 Å². The molecule has 3 aromatic rings. The van der Waals surface area contributed by atoms with Crippen molar-refractivity contribution >= 4 is 5.57 Å². The van der Waals surface area contributed by atoms with Crippen LogP contribution in [0.25, 0.3) is 16.7 Å². The van der Waals surface area contributed by atoms with E-state index in [9.17, 15) is 0 Å². The van der Waals surface area contributed by atoms with Crippen molar-refractivity contribution in [2.75, 3.05) is 0 Å². The first-order valence-electron chi connectivity index (χ1n) is 7.36. The number of hydrogen-bond donors (Lipinski definition) is 0. The molecular weight excluding hydrogens is 252 g/mol. The van der Waals surface area contributed by atoms with Gasteiger partial charge < -0.3 is 0 Å². The summed E-state index contributed by atoms with van der Waals surface area (Å²) in [5.41, 5.74) is 8.02. The quantitative estimate of drug-likeness (QED) is 0.588. The Balaban J connectivity index is 1.70. The molecule has 0 radical (unpaired) electrons. The van der Waals surface area contributed by atoms with E-state index in [1.807, 2.05) is 0 Å². The van der Waals surface area contributed by atoms with Gasteiger partial charge in [0.2, 0.25) is 0 Å². The second kappa shape index (κ2) is 5.06. The lowest BCUT2D eigenvalue weighted by molar-refractivity contribution is 1.31. The number of rotatable bonds is 2. The molecule has 4 rings (SSSR count). The second-order valence-electron chi connectivity index (χ2n) is 5.42. The largest absolute Gasteiger partial charge is 0.0716 e. The topological polar surface area (TPSA) is 0 Å². The molecular formula is C21H16. The van der Waals surface area contributed by atoms with E-state index in [0.717, 1.165) is 6.42 Å². The smallest absolute Gasteiger partial charge is 0.00819 e. The van der Waals surface area contributed by atoms with Crippen molar-refractivity contribution in [2.45, 2.75) is 6.42 Å². The molecule has 0 fully saturated rings. The minimum atomic E-state index is 1.05. The maximum absolute atomic E-state index is 2.34. The van der Waals surface area contributed by atoms with Gasteiger partial charge in [-0.15, -0.1) is 0 Å². The molecule has 1 aliphatic carbocycles. The normalized spacial score (nSPS) is 12.9. The summed E-state index contributed by atoms with van der Waals surface area (Å²) in [5, 5.41) is 0. The Morgan fingerprint density at radius 2 is 1.14 bits per heavy atom. The van der Waals surface area contributed by atoms with E-state index in [4.69, 9.17) is 0 Å². The summed E-state index contributed by atoms with van der Waals surface area (Å²) in [6, 6.07) is 28.1. The fourth-order valence-corrected chi connectivity index (χ4v) is 3.03. The predicted molar refractivity (Wildman–Crippen MR) is 89.1 cm³/mol. The molecule has 0 N–H and O–H groups in total. The van der Waals surface area contributed by atoms with Gasteiger partial charge in [0.05, 0.1) is 0 Å². The maximum atomic E-state index is 2.34. The summed E-state index contributed by atoms with van der Waals surface area (Å²) in [6.45, 7) is 0. The summed E-state index contributed by atoms with van der Waals surface area (Å²) < 4.78 is 0. The minimum absolute atomic E-state index is 1.05. The Bertz CT molecular complexity index is 793. The van der Waals surface area contributed by atoms with Crippen molar-refractivity contribution in [3.63, 3.8) is 0 Å². The highest BCUT2D eigenvalue weighted by molar-refractivity contribution is 5.85. The van der Waals surface area contributed by atoms with Crippen LogP contribution in [-0.4, -0.2) is 0 Å². The van der Waals surface area contributed by atoms with Crippen LogP contribution in [0, 0.1) is 0 Å². The molecule has 3 aromatic carbocycles. The van der Waals surface area contributed by atoms with Gasteiger partial charge in [-0.2, -0.15) is 0 Å². The molecule has 0 atom stereocenters. The van der Waals surface area contributed by atoms with E-state index >= 15 is 0 Å². The zero-order chi connectivity index (χ0) is 14.1. The summed E-state index contributed by atoms with van der Waals surface area (Å²) in [4.78, 5) is 0. The first kappa shape index (κ1) is 12.2. The van der Waals surface area contributed by atoms with Crippen molar-refractivity contribution in [3.8, 4) is 11.1 Å². The highest BCUT2D eigenvalue weighted by Gasteiger charge is 2.14. The lowest BCUT2D eigenvalue weighted by Crippen LogP contribution is -1.87. The molecule has 0 aromatic heterocycles. The number of hydrogen-bond acceptors (Lipinski definition) is 0. The third kappa shape index (κ3) is 2.19.